The van der Waals surface area contributed by atoms with E-state index in [0.29, 0.717) is 6.42 Å². The van der Waals surface area contributed by atoms with Crippen LogP contribution in [0.25, 0.3) is 11.0 Å². The molecule has 0 atom stereocenters. The highest BCUT2D eigenvalue weighted by Crippen LogP contribution is 2.33. The molecule has 0 fully saturated rings. The van der Waals surface area contributed by atoms with Crippen molar-refractivity contribution in [2.45, 2.75) is 38.6 Å². The molecule has 3 heterocycles. The SMILES string of the molecule is CCOC(=O)COC(=O)NS(=O)(=O)Nc1ccc2c(c1)S(=O)(=O)N=C(c1c(O)c3cccnc3n(CCC(C)C)c1=O)N2. The molecule has 43 heavy (non-hydrogen) atoms. The number of carbonyl (C=O) groups is 2. The van der Waals surface area contributed by atoms with Crippen LogP contribution < -0.4 is 20.3 Å². The largest absolute Gasteiger partial charge is 0.506 e. The molecule has 3 aromatic rings. The maximum Gasteiger partial charge on any atom is 0.422 e. The van der Waals surface area contributed by atoms with E-state index in [1.54, 1.807) is 6.07 Å². The summed E-state index contributed by atoms with van der Waals surface area (Å²) in [5, 5.41) is 14.0. The molecule has 1 aromatic carbocycles. The number of esters is 1. The fraction of sp³-hybridized carbons (Fsp3) is 0.320. The van der Waals surface area contributed by atoms with Crippen molar-refractivity contribution in [3.8, 4) is 5.75 Å². The Bertz CT molecular complexity index is 1900. The monoisotopic (exact) mass is 636 g/mol. The molecule has 0 bridgehead atoms. The van der Waals surface area contributed by atoms with Gasteiger partial charge in [0, 0.05) is 12.7 Å². The van der Waals surface area contributed by atoms with Crippen molar-refractivity contribution in [2.75, 3.05) is 23.3 Å². The number of nitrogens with zero attached hydrogens (tertiary/aromatic N) is 3. The number of sulfonamides is 1. The summed E-state index contributed by atoms with van der Waals surface area (Å²) in [6.07, 6.45) is 0.594. The lowest BCUT2D eigenvalue weighted by atomic mass is 10.1. The van der Waals surface area contributed by atoms with E-state index in [2.05, 4.69) is 24.2 Å². The number of anilines is 2. The summed E-state index contributed by atoms with van der Waals surface area (Å²) < 4.78 is 68.7. The van der Waals surface area contributed by atoms with Gasteiger partial charge in [-0.1, -0.05) is 13.8 Å². The van der Waals surface area contributed by atoms with Gasteiger partial charge in [-0.25, -0.2) is 19.3 Å². The number of fused-ring (bicyclic) bond motifs is 2. The molecule has 0 spiro atoms. The second kappa shape index (κ2) is 12.3. The molecule has 18 heteroatoms. The molecule has 0 saturated heterocycles. The van der Waals surface area contributed by atoms with Crippen LogP contribution in [0.2, 0.25) is 0 Å². The molecule has 0 radical (unpaired) electrons. The minimum Gasteiger partial charge on any atom is -0.506 e. The van der Waals surface area contributed by atoms with E-state index in [9.17, 15) is 36.3 Å². The predicted octanol–water partition coefficient (Wildman–Crippen LogP) is 1.66. The van der Waals surface area contributed by atoms with Crippen LogP contribution in [0.5, 0.6) is 5.75 Å². The van der Waals surface area contributed by atoms with Gasteiger partial charge >= 0.3 is 22.3 Å². The Labute approximate surface area is 246 Å². The first-order valence-corrected chi connectivity index (χ1v) is 15.7. The lowest BCUT2D eigenvalue weighted by Gasteiger charge is -2.21. The van der Waals surface area contributed by atoms with Crippen molar-refractivity contribution in [1.29, 1.82) is 0 Å². The van der Waals surface area contributed by atoms with Crippen molar-refractivity contribution in [2.24, 2.45) is 10.3 Å². The average molecular weight is 637 g/mol. The normalized spacial score (nSPS) is 13.9. The van der Waals surface area contributed by atoms with Gasteiger partial charge < -0.3 is 19.9 Å². The summed E-state index contributed by atoms with van der Waals surface area (Å²) in [6.45, 7) is 4.93. The molecule has 2 aromatic heterocycles. The Morgan fingerprint density at radius 1 is 1.19 bits per heavy atom. The number of hydrogen-bond donors (Lipinski definition) is 4. The van der Waals surface area contributed by atoms with Crippen LogP contribution >= 0.6 is 0 Å². The van der Waals surface area contributed by atoms with Gasteiger partial charge in [0.2, 0.25) is 0 Å². The molecule has 0 saturated carbocycles. The summed E-state index contributed by atoms with van der Waals surface area (Å²) in [7, 11) is -9.16. The van der Waals surface area contributed by atoms with E-state index in [0.717, 1.165) is 6.07 Å². The third-order valence-electron chi connectivity index (χ3n) is 5.98. The van der Waals surface area contributed by atoms with Gasteiger partial charge in [-0.15, -0.1) is 4.40 Å². The van der Waals surface area contributed by atoms with Gasteiger partial charge in [-0.2, -0.15) is 16.8 Å². The zero-order valence-corrected chi connectivity index (χ0v) is 24.8. The maximum atomic E-state index is 13.6. The summed E-state index contributed by atoms with van der Waals surface area (Å²) in [4.78, 5) is 40.4. The molecule has 0 aliphatic carbocycles. The van der Waals surface area contributed by atoms with E-state index in [1.807, 2.05) is 18.6 Å². The van der Waals surface area contributed by atoms with Crippen molar-refractivity contribution < 1.29 is 41.0 Å². The van der Waals surface area contributed by atoms with Crippen molar-refractivity contribution >= 4 is 60.5 Å². The zero-order valence-electron chi connectivity index (χ0n) is 23.1. The molecule has 16 nitrogen and oxygen atoms in total. The fourth-order valence-electron chi connectivity index (χ4n) is 4.05. The lowest BCUT2D eigenvalue weighted by molar-refractivity contribution is -0.146. The smallest absolute Gasteiger partial charge is 0.422 e. The number of rotatable bonds is 10. The number of amides is 1. The number of aryl methyl sites for hydroxylation is 1. The highest BCUT2D eigenvalue weighted by molar-refractivity contribution is 7.91. The van der Waals surface area contributed by atoms with Crippen LogP contribution in [0.4, 0.5) is 16.2 Å². The molecular formula is C25H28N6O10S2. The van der Waals surface area contributed by atoms with Crippen molar-refractivity contribution in [3.05, 3.63) is 52.4 Å². The summed E-state index contributed by atoms with van der Waals surface area (Å²) in [5.74, 6) is -1.60. The minimum atomic E-state index is -4.62. The van der Waals surface area contributed by atoms with Crippen LogP contribution in [-0.2, 0) is 41.0 Å². The Kier molecular flexibility index (Phi) is 8.90. The quantitative estimate of drug-likeness (QED) is 0.233. The predicted molar refractivity (Wildman–Crippen MR) is 155 cm³/mol. The highest BCUT2D eigenvalue weighted by Gasteiger charge is 2.31. The average Bonchev–Trinajstić information content (AvgIpc) is 2.91. The Morgan fingerprint density at radius 2 is 1.93 bits per heavy atom. The van der Waals surface area contributed by atoms with E-state index in [4.69, 9.17) is 0 Å². The standard InChI is InChI=1S/C25H28N6O10S2/c1-4-40-19(32)13-41-25(35)30-43(38,39)28-15-7-8-17-18(12-15)42(36,37)29-22(27-17)20-21(33)16-6-5-10-26-23(16)31(24(20)34)11-9-14(2)3/h5-8,10,12,14,28,33H,4,9,11,13H2,1-3H3,(H,27,29)(H,30,35). The second-order valence-electron chi connectivity index (χ2n) is 9.58. The summed E-state index contributed by atoms with van der Waals surface area (Å²) in [5.41, 5.74) is -1.20. The Balaban J connectivity index is 1.64. The van der Waals surface area contributed by atoms with E-state index in [1.165, 1.54) is 40.6 Å². The van der Waals surface area contributed by atoms with Crippen LogP contribution in [0.1, 0.15) is 32.8 Å². The highest BCUT2D eigenvalue weighted by atomic mass is 32.2. The van der Waals surface area contributed by atoms with E-state index >= 15 is 0 Å². The van der Waals surface area contributed by atoms with E-state index in [-0.39, 0.29) is 47.0 Å². The first-order chi connectivity index (χ1) is 20.2. The van der Waals surface area contributed by atoms with Crippen LogP contribution in [-0.4, -0.2) is 62.6 Å². The number of ether oxygens (including phenoxy) is 2. The summed E-state index contributed by atoms with van der Waals surface area (Å²) in [6, 6.07) is 6.42. The number of benzene rings is 1. The summed E-state index contributed by atoms with van der Waals surface area (Å²) >= 11 is 0. The van der Waals surface area contributed by atoms with E-state index < -0.39 is 60.9 Å². The zero-order chi connectivity index (χ0) is 31.5. The number of pyridine rings is 2. The molecule has 4 rings (SSSR count). The van der Waals surface area contributed by atoms with Crippen LogP contribution in [0.3, 0.4) is 0 Å². The lowest BCUT2D eigenvalue weighted by Crippen LogP contribution is -2.36. The molecule has 1 aliphatic heterocycles. The number of carbonyl (C=O) groups excluding carboxylic acids is 2. The molecule has 230 valence electrons. The van der Waals surface area contributed by atoms with Gasteiger partial charge in [0.15, 0.2) is 12.4 Å². The molecule has 0 unspecified atom stereocenters. The number of nitrogens with one attached hydrogen (secondary N) is 3. The Hall–Kier alpha value is -4.71. The Morgan fingerprint density at radius 3 is 2.63 bits per heavy atom. The second-order valence-corrected chi connectivity index (χ2v) is 12.6. The molecule has 1 aliphatic rings. The van der Waals surface area contributed by atoms with Crippen LogP contribution in [0, 0.1) is 5.92 Å². The molecular weight excluding hydrogens is 608 g/mol. The minimum absolute atomic E-state index is 0.0303. The molecule has 1 amide bonds. The maximum absolute atomic E-state index is 13.6. The van der Waals surface area contributed by atoms with Gasteiger partial charge in [-0.05, 0) is 49.6 Å². The van der Waals surface area contributed by atoms with Crippen molar-refractivity contribution in [1.82, 2.24) is 14.3 Å². The topological polar surface area (TPSA) is 224 Å². The van der Waals surface area contributed by atoms with Crippen LogP contribution in [0.15, 0.2) is 50.6 Å². The number of aromatic nitrogens is 2. The third kappa shape index (κ3) is 7.03. The number of hydrogen-bond acceptors (Lipinski definition) is 12. The number of amidine groups is 1. The van der Waals surface area contributed by atoms with Gasteiger partial charge in [0.1, 0.15) is 21.9 Å². The first-order valence-electron chi connectivity index (χ1n) is 12.8. The van der Waals surface area contributed by atoms with Crippen molar-refractivity contribution in [3.63, 3.8) is 0 Å². The third-order valence-corrected chi connectivity index (χ3v) is 8.24. The van der Waals surface area contributed by atoms with Gasteiger partial charge in [0.05, 0.1) is 23.4 Å². The first kappa shape index (κ1) is 31.2. The number of aromatic hydroxyl groups is 1. The molecule has 4 N–H and O–H groups in total. The fourth-order valence-corrected chi connectivity index (χ4v) is 5.96. The van der Waals surface area contributed by atoms with Gasteiger partial charge in [0.25, 0.3) is 15.6 Å². The van der Waals surface area contributed by atoms with Gasteiger partial charge in [-0.3, -0.25) is 14.1 Å².